The molecule has 0 spiro atoms. The van der Waals surface area contributed by atoms with Crippen molar-refractivity contribution in [3.63, 3.8) is 0 Å². The summed E-state index contributed by atoms with van der Waals surface area (Å²) in [6, 6.07) is 62.3. The lowest BCUT2D eigenvalue weighted by atomic mass is 9.86. The van der Waals surface area contributed by atoms with Gasteiger partial charge in [-0.2, -0.15) is 0 Å². The highest BCUT2D eigenvalue weighted by Gasteiger charge is 2.18. The summed E-state index contributed by atoms with van der Waals surface area (Å²) in [7, 11) is 0. The molecule has 0 bridgehead atoms. The van der Waals surface area contributed by atoms with E-state index >= 15 is 0 Å². The van der Waals surface area contributed by atoms with E-state index in [4.69, 9.17) is 15.0 Å². The molecule has 0 aliphatic carbocycles. The molecule has 0 fully saturated rings. The van der Waals surface area contributed by atoms with Crippen LogP contribution in [0.1, 0.15) is 52.7 Å². The zero-order chi connectivity index (χ0) is 38.9. The zero-order valence-corrected chi connectivity index (χ0v) is 33.1. The van der Waals surface area contributed by atoms with E-state index in [1.807, 2.05) is 18.2 Å². The molecule has 0 N–H and O–H groups in total. The van der Waals surface area contributed by atoms with Gasteiger partial charge in [-0.25, -0.2) is 15.0 Å². The van der Waals surface area contributed by atoms with E-state index in [0.717, 1.165) is 67.3 Å². The van der Waals surface area contributed by atoms with Crippen LogP contribution in [0.2, 0.25) is 0 Å². The van der Waals surface area contributed by atoms with Crippen molar-refractivity contribution in [2.75, 3.05) is 0 Å². The van der Waals surface area contributed by atoms with Crippen LogP contribution in [0.15, 0.2) is 176 Å². The van der Waals surface area contributed by atoms with E-state index in [9.17, 15) is 0 Å². The third kappa shape index (κ3) is 7.99. The molecule has 0 aliphatic rings. The summed E-state index contributed by atoms with van der Waals surface area (Å²) in [6.45, 7) is 13.5. The van der Waals surface area contributed by atoms with Gasteiger partial charge in [-0.15, -0.1) is 0 Å². The lowest BCUT2D eigenvalue weighted by Crippen LogP contribution is -2.10. The highest BCUT2D eigenvalue weighted by Crippen LogP contribution is 2.35. The molecule has 0 saturated heterocycles. The van der Waals surface area contributed by atoms with Crippen LogP contribution in [0.3, 0.4) is 0 Å². The number of aromatic nitrogens is 3. The quantitative estimate of drug-likeness (QED) is 0.164. The third-order valence-corrected chi connectivity index (χ3v) is 10.4. The first-order valence-corrected chi connectivity index (χ1v) is 19.4. The average Bonchev–Trinajstić information content (AvgIpc) is 3.23. The maximum Gasteiger partial charge on any atom is 0.160 e. The Kier molecular flexibility index (Phi) is 9.78. The molecule has 56 heavy (non-hydrogen) atoms. The number of rotatable bonds is 7. The van der Waals surface area contributed by atoms with Crippen LogP contribution in [0.25, 0.3) is 78.7 Å². The molecule has 0 aliphatic heterocycles. The van der Waals surface area contributed by atoms with Gasteiger partial charge in [-0.05, 0) is 74.5 Å². The van der Waals surface area contributed by atoms with E-state index in [0.29, 0.717) is 5.82 Å². The van der Waals surface area contributed by atoms with Crippen LogP contribution in [-0.2, 0) is 10.8 Å². The number of pyridine rings is 1. The molecule has 2 heterocycles. The molecule has 3 nitrogen and oxygen atoms in total. The number of hydrogen-bond donors (Lipinski definition) is 0. The van der Waals surface area contributed by atoms with Crippen molar-refractivity contribution in [2.45, 2.75) is 52.4 Å². The van der Waals surface area contributed by atoms with Crippen molar-refractivity contribution in [1.29, 1.82) is 0 Å². The molecular formula is C53H47N3. The van der Waals surface area contributed by atoms with Crippen LogP contribution >= 0.6 is 0 Å². The fourth-order valence-corrected chi connectivity index (χ4v) is 7.04. The monoisotopic (exact) mass is 725 g/mol. The van der Waals surface area contributed by atoms with E-state index in [1.165, 1.54) is 16.7 Å². The van der Waals surface area contributed by atoms with Crippen molar-refractivity contribution in [2.24, 2.45) is 0 Å². The van der Waals surface area contributed by atoms with Crippen LogP contribution in [0, 0.1) is 0 Å². The summed E-state index contributed by atoms with van der Waals surface area (Å²) < 4.78 is 0. The molecule has 0 amide bonds. The number of nitrogens with zero attached hydrogens (tertiary/aromatic N) is 3. The Morgan fingerprint density at radius 3 is 1.09 bits per heavy atom. The molecule has 2 aromatic heterocycles. The van der Waals surface area contributed by atoms with Crippen molar-refractivity contribution in [3.05, 3.63) is 187 Å². The Morgan fingerprint density at radius 2 is 0.625 bits per heavy atom. The fourth-order valence-electron chi connectivity index (χ4n) is 7.04. The molecule has 0 atom stereocenters. The Morgan fingerprint density at radius 1 is 0.268 bits per heavy atom. The number of hydrogen-bond acceptors (Lipinski definition) is 3. The van der Waals surface area contributed by atoms with Gasteiger partial charge in [0.2, 0.25) is 0 Å². The predicted octanol–water partition coefficient (Wildman–Crippen LogP) is 14.1. The minimum atomic E-state index is 0.0342. The van der Waals surface area contributed by atoms with E-state index in [2.05, 4.69) is 199 Å². The summed E-state index contributed by atoms with van der Waals surface area (Å²) in [5.41, 5.74) is 16.3. The Balaban J connectivity index is 1.12. The van der Waals surface area contributed by atoms with Gasteiger partial charge >= 0.3 is 0 Å². The second-order valence-corrected chi connectivity index (χ2v) is 16.6. The summed E-state index contributed by atoms with van der Waals surface area (Å²) in [6.07, 6.45) is 0. The molecule has 0 unspecified atom stereocenters. The lowest BCUT2D eigenvalue weighted by molar-refractivity contribution is 0.590. The lowest BCUT2D eigenvalue weighted by Gasteiger charge is -2.20. The van der Waals surface area contributed by atoms with Crippen LogP contribution in [0.4, 0.5) is 0 Å². The normalized spacial score (nSPS) is 11.8. The van der Waals surface area contributed by atoms with E-state index in [1.54, 1.807) is 0 Å². The largest absolute Gasteiger partial charge is 0.248 e. The van der Waals surface area contributed by atoms with Crippen molar-refractivity contribution >= 4 is 0 Å². The second-order valence-electron chi connectivity index (χ2n) is 16.6. The molecule has 0 saturated carbocycles. The Labute approximate surface area is 331 Å². The van der Waals surface area contributed by atoms with Crippen molar-refractivity contribution < 1.29 is 0 Å². The topological polar surface area (TPSA) is 38.7 Å². The first kappa shape index (κ1) is 36.5. The van der Waals surface area contributed by atoms with Gasteiger partial charge in [-0.3, -0.25) is 0 Å². The van der Waals surface area contributed by atoms with E-state index < -0.39 is 0 Å². The second kappa shape index (κ2) is 15.0. The first-order chi connectivity index (χ1) is 27.0. The van der Waals surface area contributed by atoms with Crippen LogP contribution < -0.4 is 0 Å². The third-order valence-electron chi connectivity index (χ3n) is 10.4. The molecule has 6 aromatic carbocycles. The molecular weight excluding hydrogens is 679 g/mol. The molecule has 3 heteroatoms. The SMILES string of the molecule is CC(C)(C)c1cccc(-c2cc(-c3ccccc3)cc(-c3ccc(-c4ccc(-c5cc(-c6cccc(C(C)(C)C)c6)nc(-c6ccccc6)n5)cc4)cc3)n2)c1. The van der Waals surface area contributed by atoms with Gasteiger partial charge in [0.15, 0.2) is 5.82 Å². The molecule has 8 rings (SSSR count). The van der Waals surface area contributed by atoms with Crippen molar-refractivity contribution in [1.82, 2.24) is 15.0 Å². The van der Waals surface area contributed by atoms with Gasteiger partial charge in [0, 0.05) is 27.8 Å². The summed E-state index contributed by atoms with van der Waals surface area (Å²) >= 11 is 0. The first-order valence-electron chi connectivity index (χ1n) is 19.4. The van der Waals surface area contributed by atoms with Crippen LogP contribution in [0.5, 0.6) is 0 Å². The van der Waals surface area contributed by atoms with Crippen molar-refractivity contribution in [3.8, 4) is 78.7 Å². The standard InChI is InChI=1S/C53H47N3/c1-52(2,3)45-21-13-19-42(31-45)48-34-44(36-15-9-7-10-16-36)33-47(54-48)39-27-23-37(24-28-39)38-25-29-40(30-26-38)49-35-50(43-20-14-22-46(32-43)53(4,5)6)56-51(55-49)41-17-11-8-12-18-41/h7-35H,1-6H3. The smallest absolute Gasteiger partial charge is 0.160 e. The van der Waals surface area contributed by atoms with Gasteiger partial charge < -0.3 is 0 Å². The maximum absolute atomic E-state index is 5.23. The Bertz CT molecular complexity index is 2420. The van der Waals surface area contributed by atoms with E-state index in [-0.39, 0.29) is 10.8 Å². The summed E-state index contributed by atoms with van der Waals surface area (Å²) in [5, 5.41) is 0. The molecule has 274 valence electrons. The number of benzene rings is 6. The summed E-state index contributed by atoms with van der Waals surface area (Å²) in [4.78, 5) is 15.4. The molecule has 0 radical (unpaired) electrons. The minimum absolute atomic E-state index is 0.0342. The highest BCUT2D eigenvalue weighted by atomic mass is 14.9. The van der Waals surface area contributed by atoms with Gasteiger partial charge in [-0.1, -0.05) is 187 Å². The predicted molar refractivity (Wildman–Crippen MR) is 235 cm³/mol. The Hall–Kier alpha value is -6.45. The van der Waals surface area contributed by atoms with Gasteiger partial charge in [0.05, 0.1) is 22.8 Å². The zero-order valence-electron chi connectivity index (χ0n) is 33.1. The highest BCUT2D eigenvalue weighted by molar-refractivity contribution is 5.79. The van der Waals surface area contributed by atoms with Gasteiger partial charge in [0.1, 0.15) is 0 Å². The van der Waals surface area contributed by atoms with Gasteiger partial charge in [0.25, 0.3) is 0 Å². The maximum atomic E-state index is 5.23. The molecule has 8 aromatic rings. The fraction of sp³-hybridized carbons (Fsp3) is 0.151. The minimum Gasteiger partial charge on any atom is -0.248 e. The average molecular weight is 726 g/mol. The summed E-state index contributed by atoms with van der Waals surface area (Å²) in [5.74, 6) is 0.717. The van der Waals surface area contributed by atoms with Crippen LogP contribution in [-0.4, -0.2) is 15.0 Å².